The van der Waals surface area contributed by atoms with E-state index in [0.29, 0.717) is 6.42 Å². The van der Waals surface area contributed by atoms with E-state index in [-0.39, 0.29) is 11.7 Å². The molecule has 0 fully saturated rings. The summed E-state index contributed by atoms with van der Waals surface area (Å²) in [7, 11) is 0. The molecule has 0 aliphatic carbocycles. The van der Waals surface area contributed by atoms with E-state index in [1.54, 1.807) is 18.2 Å². The largest absolute Gasteiger partial charge is 0.508 e. The van der Waals surface area contributed by atoms with Crippen LogP contribution in [0.15, 0.2) is 24.3 Å². The first-order chi connectivity index (χ1) is 8.17. The molecule has 1 amide bonds. The Morgan fingerprint density at radius 3 is 2.82 bits per heavy atom. The number of amides is 1. The Kier molecular flexibility index (Phi) is 6.05. The van der Waals surface area contributed by atoms with Gasteiger partial charge in [0.2, 0.25) is 5.91 Å². The normalized spacial score (nSPS) is 10.2. The van der Waals surface area contributed by atoms with Gasteiger partial charge in [-0.3, -0.25) is 4.79 Å². The van der Waals surface area contributed by atoms with Crippen LogP contribution in [-0.4, -0.2) is 34.3 Å². The minimum absolute atomic E-state index is 0.110. The van der Waals surface area contributed by atoms with Crippen LogP contribution in [0.5, 0.6) is 5.75 Å². The van der Waals surface area contributed by atoms with Crippen molar-refractivity contribution >= 4 is 21.8 Å². The zero-order valence-corrected chi connectivity index (χ0v) is 11.6. The summed E-state index contributed by atoms with van der Waals surface area (Å²) in [6.07, 6.45) is 1.31. The first-order valence-corrected chi connectivity index (χ1v) is 6.91. The summed E-state index contributed by atoms with van der Waals surface area (Å²) in [5.41, 5.74) is 0.854. The van der Waals surface area contributed by atoms with E-state index in [1.807, 2.05) is 17.9 Å². The molecule has 1 aromatic carbocycles. The van der Waals surface area contributed by atoms with Crippen LogP contribution in [0.3, 0.4) is 0 Å². The first-order valence-electron chi connectivity index (χ1n) is 5.79. The molecule has 94 valence electrons. The Morgan fingerprint density at radius 2 is 2.24 bits per heavy atom. The highest BCUT2D eigenvalue weighted by molar-refractivity contribution is 9.09. The predicted molar refractivity (Wildman–Crippen MR) is 72.5 cm³/mol. The highest BCUT2D eigenvalue weighted by Gasteiger charge is 2.11. The van der Waals surface area contributed by atoms with E-state index in [9.17, 15) is 9.90 Å². The van der Waals surface area contributed by atoms with Crippen molar-refractivity contribution < 1.29 is 9.90 Å². The van der Waals surface area contributed by atoms with E-state index in [2.05, 4.69) is 15.9 Å². The molecule has 17 heavy (non-hydrogen) atoms. The van der Waals surface area contributed by atoms with E-state index in [1.165, 1.54) is 0 Å². The molecule has 0 unspecified atom stereocenters. The Bertz CT molecular complexity index is 368. The summed E-state index contributed by atoms with van der Waals surface area (Å²) in [5, 5.41) is 10.2. The van der Waals surface area contributed by atoms with Crippen LogP contribution >= 0.6 is 15.9 Å². The molecule has 0 saturated carbocycles. The third-order valence-corrected chi connectivity index (χ3v) is 3.12. The van der Waals surface area contributed by atoms with Gasteiger partial charge < -0.3 is 10.0 Å². The van der Waals surface area contributed by atoms with Crippen LogP contribution in [-0.2, 0) is 11.2 Å². The van der Waals surface area contributed by atoms with Crippen molar-refractivity contribution in [2.45, 2.75) is 19.8 Å². The molecule has 0 atom stereocenters. The number of hydrogen-bond donors (Lipinski definition) is 1. The Balaban J connectivity index is 2.57. The molecule has 0 aliphatic heterocycles. The maximum Gasteiger partial charge on any atom is 0.226 e. The summed E-state index contributed by atoms with van der Waals surface area (Å²) in [5.74, 6) is 0.317. The molecule has 3 nitrogen and oxygen atoms in total. The molecule has 1 aromatic rings. The van der Waals surface area contributed by atoms with Crippen LogP contribution in [0, 0.1) is 0 Å². The summed E-state index contributed by atoms with van der Waals surface area (Å²) in [4.78, 5) is 13.8. The number of nitrogens with zero attached hydrogens (tertiary/aromatic N) is 1. The van der Waals surface area contributed by atoms with Gasteiger partial charge in [-0.1, -0.05) is 28.1 Å². The third-order valence-electron chi connectivity index (χ3n) is 2.56. The first kappa shape index (κ1) is 14.0. The van der Waals surface area contributed by atoms with Crippen molar-refractivity contribution in [2.24, 2.45) is 0 Å². The zero-order chi connectivity index (χ0) is 12.7. The zero-order valence-electron chi connectivity index (χ0n) is 10.0. The number of rotatable bonds is 6. The number of likely N-dealkylation sites (N-methyl/N-ethyl adjacent to an activating group) is 1. The van der Waals surface area contributed by atoms with E-state index in [4.69, 9.17) is 0 Å². The van der Waals surface area contributed by atoms with Crippen LogP contribution in [0.2, 0.25) is 0 Å². The van der Waals surface area contributed by atoms with Gasteiger partial charge in [-0.15, -0.1) is 0 Å². The van der Waals surface area contributed by atoms with Crippen molar-refractivity contribution in [3.63, 3.8) is 0 Å². The summed E-state index contributed by atoms with van der Waals surface area (Å²) in [6, 6.07) is 6.86. The second-order valence-electron chi connectivity index (χ2n) is 3.86. The molecule has 0 spiro atoms. The predicted octanol–water partition coefficient (Wildman–Crippen LogP) is 2.57. The topological polar surface area (TPSA) is 40.5 Å². The molecular formula is C13H18BrNO2. The van der Waals surface area contributed by atoms with Gasteiger partial charge in [0.1, 0.15) is 5.75 Å². The number of carbonyl (C=O) groups is 1. The monoisotopic (exact) mass is 299 g/mol. The molecule has 0 saturated heterocycles. The fourth-order valence-electron chi connectivity index (χ4n) is 1.66. The maximum absolute atomic E-state index is 12.0. The number of hydrogen-bond acceptors (Lipinski definition) is 2. The number of aromatic hydroxyl groups is 1. The van der Waals surface area contributed by atoms with E-state index >= 15 is 0 Å². The van der Waals surface area contributed by atoms with Crippen LogP contribution in [0.4, 0.5) is 0 Å². The summed E-state index contributed by atoms with van der Waals surface area (Å²) >= 11 is 3.36. The average molecular weight is 300 g/mol. The minimum Gasteiger partial charge on any atom is -0.508 e. The van der Waals surface area contributed by atoms with Gasteiger partial charge in [0.15, 0.2) is 0 Å². The van der Waals surface area contributed by atoms with Crippen molar-refractivity contribution in [1.29, 1.82) is 0 Å². The van der Waals surface area contributed by atoms with Crippen molar-refractivity contribution in [1.82, 2.24) is 4.90 Å². The molecule has 4 heteroatoms. The molecule has 1 rings (SSSR count). The molecular weight excluding hydrogens is 282 g/mol. The molecule has 0 bridgehead atoms. The number of phenolic OH excluding ortho intramolecular Hbond substituents is 1. The van der Waals surface area contributed by atoms with Crippen molar-refractivity contribution in [3.05, 3.63) is 29.8 Å². The minimum atomic E-state index is 0.110. The van der Waals surface area contributed by atoms with Gasteiger partial charge in [0, 0.05) is 18.4 Å². The van der Waals surface area contributed by atoms with E-state index < -0.39 is 0 Å². The smallest absolute Gasteiger partial charge is 0.226 e. The molecule has 0 radical (unpaired) electrons. The number of halogens is 1. The SMILES string of the molecule is CCN(CCCBr)C(=O)Cc1cccc(O)c1. The Labute approximate surface area is 111 Å². The van der Waals surface area contributed by atoms with Crippen LogP contribution in [0.1, 0.15) is 18.9 Å². The molecule has 0 heterocycles. The standard InChI is InChI=1S/C13H18BrNO2/c1-2-15(8-4-7-14)13(17)10-11-5-3-6-12(16)9-11/h3,5-6,9,16H,2,4,7-8,10H2,1H3. The van der Waals surface area contributed by atoms with Gasteiger partial charge in [-0.2, -0.15) is 0 Å². The van der Waals surface area contributed by atoms with Crippen LogP contribution < -0.4 is 0 Å². The van der Waals surface area contributed by atoms with Gasteiger partial charge in [0.05, 0.1) is 6.42 Å². The van der Waals surface area contributed by atoms with Crippen molar-refractivity contribution in [3.8, 4) is 5.75 Å². The fourth-order valence-corrected chi connectivity index (χ4v) is 1.91. The fraction of sp³-hybridized carbons (Fsp3) is 0.462. The lowest BCUT2D eigenvalue weighted by molar-refractivity contribution is -0.130. The van der Waals surface area contributed by atoms with Gasteiger partial charge in [0.25, 0.3) is 0 Å². The molecule has 1 N–H and O–H groups in total. The van der Waals surface area contributed by atoms with E-state index in [0.717, 1.165) is 30.4 Å². The number of alkyl halides is 1. The lowest BCUT2D eigenvalue weighted by atomic mass is 10.1. The van der Waals surface area contributed by atoms with Crippen molar-refractivity contribution in [2.75, 3.05) is 18.4 Å². The van der Waals surface area contributed by atoms with Gasteiger partial charge >= 0.3 is 0 Å². The second kappa shape index (κ2) is 7.33. The second-order valence-corrected chi connectivity index (χ2v) is 4.66. The van der Waals surface area contributed by atoms with Crippen LogP contribution in [0.25, 0.3) is 0 Å². The lowest BCUT2D eigenvalue weighted by Gasteiger charge is -2.20. The highest BCUT2D eigenvalue weighted by atomic mass is 79.9. The molecule has 0 aromatic heterocycles. The highest BCUT2D eigenvalue weighted by Crippen LogP contribution is 2.12. The molecule has 0 aliphatic rings. The Morgan fingerprint density at radius 1 is 1.47 bits per heavy atom. The number of carbonyl (C=O) groups excluding carboxylic acids is 1. The summed E-state index contributed by atoms with van der Waals surface area (Å²) in [6.45, 7) is 3.48. The average Bonchev–Trinajstić information content (AvgIpc) is 2.30. The number of phenols is 1. The lowest BCUT2D eigenvalue weighted by Crippen LogP contribution is -2.33. The Hall–Kier alpha value is -1.03. The van der Waals surface area contributed by atoms with Gasteiger partial charge in [-0.25, -0.2) is 0 Å². The van der Waals surface area contributed by atoms with Gasteiger partial charge in [-0.05, 0) is 31.0 Å². The number of benzene rings is 1. The quantitative estimate of drug-likeness (QED) is 0.820. The summed E-state index contributed by atoms with van der Waals surface area (Å²) < 4.78 is 0. The maximum atomic E-state index is 12.0. The third kappa shape index (κ3) is 4.77.